The number of aromatic nitrogens is 1. The van der Waals surface area contributed by atoms with Crippen molar-refractivity contribution in [1.29, 1.82) is 0 Å². The Hall–Kier alpha value is -1.75. The Morgan fingerprint density at radius 2 is 1.74 bits per heavy atom. The van der Waals surface area contributed by atoms with Gasteiger partial charge in [0.25, 0.3) is 5.91 Å². The number of piperidine rings is 1. The first-order valence-corrected chi connectivity index (χ1v) is 15.5. The Balaban J connectivity index is 0.00000400. The number of hydrogen-bond acceptors (Lipinski definition) is 6. The second-order valence-electron chi connectivity index (χ2n) is 9.66. The van der Waals surface area contributed by atoms with Gasteiger partial charge in [0.2, 0.25) is 10.0 Å². The van der Waals surface area contributed by atoms with E-state index in [2.05, 4.69) is 25.7 Å². The maximum atomic E-state index is 13.8. The topological polar surface area (TPSA) is 73.8 Å². The lowest BCUT2D eigenvalue weighted by Gasteiger charge is -2.29. The number of carbonyl (C=O) groups is 1. The number of benzene rings is 2. The summed E-state index contributed by atoms with van der Waals surface area (Å²) in [6, 6.07) is 10.1. The van der Waals surface area contributed by atoms with Gasteiger partial charge in [-0.1, -0.05) is 43.7 Å². The Bertz CT molecular complexity index is 1350. The minimum absolute atomic E-state index is 0. The van der Waals surface area contributed by atoms with E-state index in [-0.39, 0.29) is 23.2 Å². The molecule has 0 atom stereocenters. The zero-order valence-corrected chi connectivity index (χ0v) is 25.5. The van der Waals surface area contributed by atoms with Crippen LogP contribution in [0.25, 0.3) is 10.2 Å². The van der Waals surface area contributed by atoms with E-state index in [1.54, 1.807) is 33.5 Å². The van der Waals surface area contributed by atoms with Crippen molar-refractivity contribution in [1.82, 2.24) is 14.2 Å². The SMILES string of the molecule is CCN(CC)CCN(C(=O)c1ccc(S(=O)(=O)N2CCC(C)CC2)cc1)c1nc2c(C)cc(Cl)cc2s1.Cl. The van der Waals surface area contributed by atoms with Gasteiger partial charge in [0.05, 0.1) is 15.1 Å². The third-order valence-corrected chi connectivity index (χ3v) is 10.3. The molecule has 0 aliphatic carbocycles. The van der Waals surface area contributed by atoms with Crippen LogP contribution in [0.5, 0.6) is 0 Å². The number of nitrogens with zero attached hydrogens (tertiary/aromatic N) is 4. The fourth-order valence-electron chi connectivity index (χ4n) is 4.62. The number of sulfonamides is 1. The number of halogens is 2. The van der Waals surface area contributed by atoms with Gasteiger partial charge in [0.15, 0.2) is 5.13 Å². The van der Waals surface area contributed by atoms with Crippen LogP contribution in [-0.2, 0) is 10.0 Å². The third-order valence-electron chi connectivity index (χ3n) is 7.13. The van der Waals surface area contributed by atoms with Gasteiger partial charge in [-0.15, -0.1) is 12.4 Å². The Kier molecular flexibility index (Phi) is 10.6. The highest BCUT2D eigenvalue weighted by Crippen LogP contribution is 2.34. The Labute approximate surface area is 241 Å². The summed E-state index contributed by atoms with van der Waals surface area (Å²) in [5, 5.41) is 1.25. The monoisotopic (exact) mass is 598 g/mol. The molecule has 38 heavy (non-hydrogen) atoms. The molecule has 0 bridgehead atoms. The number of carbonyl (C=O) groups excluding carboxylic acids is 1. The lowest BCUT2D eigenvalue weighted by molar-refractivity contribution is 0.0983. The van der Waals surface area contributed by atoms with Gasteiger partial charge in [-0.05, 0) is 80.7 Å². The standard InChI is InChI=1S/C27H35ClN4O3S2.ClH/c1-5-30(6-2)15-16-32(27-29-25-20(4)17-22(28)18-24(25)36-27)26(33)21-7-9-23(10-8-21)37(34,35)31-13-11-19(3)12-14-31;/h7-10,17-19H,5-6,11-16H2,1-4H3;1H. The van der Waals surface area contributed by atoms with Crippen LogP contribution in [0.4, 0.5) is 5.13 Å². The summed E-state index contributed by atoms with van der Waals surface area (Å²) in [6.07, 6.45) is 1.73. The van der Waals surface area contributed by atoms with E-state index in [0.29, 0.717) is 47.8 Å². The van der Waals surface area contributed by atoms with Crippen LogP contribution in [0.2, 0.25) is 5.02 Å². The van der Waals surface area contributed by atoms with Gasteiger partial charge in [0.1, 0.15) is 0 Å². The molecule has 7 nitrogen and oxygen atoms in total. The molecule has 1 fully saturated rings. The van der Waals surface area contributed by atoms with Crippen molar-refractivity contribution >= 4 is 66.6 Å². The molecule has 0 unspecified atom stereocenters. The minimum Gasteiger partial charge on any atom is -0.302 e. The summed E-state index contributed by atoms with van der Waals surface area (Å²) < 4.78 is 28.8. The molecule has 0 N–H and O–H groups in total. The van der Waals surface area contributed by atoms with Crippen molar-refractivity contribution in [2.24, 2.45) is 5.92 Å². The van der Waals surface area contributed by atoms with Crippen molar-refractivity contribution < 1.29 is 13.2 Å². The number of thiazole rings is 1. The number of hydrogen-bond donors (Lipinski definition) is 0. The molecular weight excluding hydrogens is 563 g/mol. The molecule has 1 saturated heterocycles. The largest absolute Gasteiger partial charge is 0.302 e. The molecule has 0 saturated carbocycles. The highest BCUT2D eigenvalue weighted by molar-refractivity contribution is 7.89. The summed E-state index contributed by atoms with van der Waals surface area (Å²) in [6.45, 7) is 12.3. The van der Waals surface area contributed by atoms with Gasteiger partial charge < -0.3 is 4.90 Å². The Morgan fingerprint density at radius 1 is 1.11 bits per heavy atom. The van der Waals surface area contributed by atoms with Crippen LogP contribution in [0.3, 0.4) is 0 Å². The van der Waals surface area contributed by atoms with Crippen molar-refractivity contribution in [2.45, 2.75) is 45.4 Å². The molecule has 208 valence electrons. The first-order chi connectivity index (χ1) is 17.6. The summed E-state index contributed by atoms with van der Waals surface area (Å²) >= 11 is 7.70. The van der Waals surface area contributed by atoms with Crippen LogP contribution in [0, 0.1) is 12.8 Å². The molecule has 2 heterocycles. The van der Waals surface area contributed by atoms with Gasteiger partial charge in [-0.25, -0.2) is 13.4 Å². The lowest BCUT2D eigenvalue weighted by Crippen LogP contribution is -2.39. The van der Waals surface area contributed by atoms with Gasteiger partial charge in [-0.2, -0.15) is 4.31 Å². The summed E-state index contributed by atoms with van der Waals surface area (Å²) in [4.78, 5) is 22.7. The number of likely N-dealkylation sites (N-methyl/N-ethyl adjacent to an activating group) is 1. The van der Waals surface area contributed by atoms with Crippen LogP contribution < -0.4 is 4.90 Å². The summed E-state index contributed by atoms with van der Waals surface area (Å²) in [5.74, 6) is 0.335. The highest BCUT2D eigenvalue weighted by Gasteiger charge is 2.29. The van der Waals surface area contributed by atoms with Crippen LogP contribution in [0.15, 0.2) is 41.3 Å². The van der Waals surface area contributed by atoms with E-state index in [1.807, 2.05) is 19.1 Å². The Morgan fingerprint density at radius 3 is 2.34 bits per heavy atom. The molecule has 4 rings (SSSR count). The normalized spacial score (nSPS) is 15.1. The minimum atomic E-state index is -3.58. The summed E-state index contributed by atoms with van der Waals surface area (Å²) in [5.41, 5.74) is 2.23. The second kappa shape index (κ2) is 13.1. The van der Waals surface area contributed by atoms with Crippen LogP contribution in [0.1, 0.15) is 49.5 Å². The maximum absolute atomic E-state index is 13.8. The number of aryl methyl sites for hydroxylation is 1. The van der Waals surface area contributed by atoms with Crippen LogP contribution >= 0.6 is 35.3 Å². The van der Waals surface area contributed by atoms with Crippen molar-refractivity contribution in [2.75, 3.05) is 44.2 Å². The molecule has 1 aromatic heterocycles. The van der Waals surface area contributed by atoms with E-state index in [9.17, 15) is 13.2 Å². The van der Waals surface area contributed by atoms with Gasteiger partial charge in [-0.3, -0.25) is 9.69 Å². The third kappa shape index (κ3) is 6.69. The fraction of sp³-hybridized carbons (Fsp3) is 0.481. The first-order valence-electron chi connectivity index (χ1n) is 12.8. The highest BCUT2D eigenvalue weighted by atomic mass is 35.5. The zero-order valence-electron chi connectivity index (χ0n) is 22.3. The lowest BCUT2D eigenvalue weighted by atomic mass is 10.0. The number of rotatable bonds is 9. The average molecular weight is 600 g/mol. The van der Waals surface area contributed by atoms with Gasteiger partial charge >= 0.3 is 0 Å². The smallest absolute Gasteiger partial charge is 0.260 e. The summed E-state index contributed by atoms with van der Waals surface area (Å²) in [7, 11) is -3.58. The van der Waals surface area contributed by atoms with E-state index < -0.39 is 10.0 Å². The van der Waals surface area contributed by atoms with E-state index >= 15 is 0 Å². The predicted molar refractivity (Wildman–Crippen MR) is 160 cm³/mol. The molecule has 1 aliphatic rings. The number of fused-ring (bicyclic) bond motifs is 1. The molecule has 1 aliphatic heterocycles. The number of amides is 1. The number of anilines is 1. The van der Waals surface area contributed by atoms with E-state index in [4.69, 9.17) is 16.6 Å². The molecule has 11 heteroatoms. The van der Waals surface area contributed by atoms with Gasteiger partial charge in [0, 0.05) is 36.8 Å². The molecule has 0 spiro atoms. The fourth-order valence-corrected chi connectivity index (χ4v) is 7.54. The molecule has 1 amide bonds. The second-order valence-corrected chi connectivity index (χ2v) is 13.0. The van der Waals surface area contributed by atoms with E-state index in [0.717, 1.165) is 41.7 Å². The molecule has 0 radical (unpaired) electrons. The van der Waals surface area contributed by atoms with Crippen molar-refractivity contribution in [3.05, 3.63) is 52.5 Å². The molecular formula is C27H36Cl2N4O3S2. The predicted octanol–water partition coefficient (Wildman–Crippen LogP) is 6.09. The van der Waals surface area contributed by atoms with E-state index in [1.165, 1.54) is 11.3 Å². The van der Waals surface area contributed by atoms with Crippen molar-refractivity contribution in [3.8, 4) is 0 Å². The molecule has 3 aromatic rings. The average Bonchev–Trinajstić information content (AvgIpc) is 3.31. The van der Waals surface area contributed by atoms with Crippen LogP contribution in [-0.4, -0.2) is 67.8 Å². The quantitative estimate of drug-likeness (QED) is 0.298. The first kappa shape index (κ1) is 30.8. The van der Waals surface area contributed by atoms with Crippen molar-refractivity contribution in [3.63, 3.8) is 0 Å². The molecule has 2 aromatic carbocycles. The maximum Gasteiger partial charge on any atom is 0.260 e. The zero-order chi connectivity index (χ0) is 26.7.